The van der Waals surface area contributed by atoms with E-state index in [1.165, 1.54) is 12.5 Å². The normalized spacial score (nSPS) is 25.7. The topological polar surface area (TPSA) is 90.2 Å². The number of rotatable bonds is 5. The molecule has 8 nitrogen and oxygen atoms in total. The molecule has 1 saturated heterocycles. The van der Waals surface area contributed by atoms with Crippen LogP contribution in [0.25, 0.3) is 0 Å². The van der Waals surface area contributed by atoms with Crippen LogP contribution in [0, 0.1) is 25.2 Å². The van der Waals surface area contributed by atoms with Crippen molar-refractivity contribution in [3.05, 3.63) is 30.0 Å². The molecule has 0 radical (unpaired) electrons. The van der Waals surface area contributed by atoms with Gasteiger partial charge < -0.3 is 9.30 Å². The summed E-state index contributed by atoms with van der Waals surface area (Å²) in [6, 6.07) is 0. The van der Waals surface area contributed by atoms with Crippen LogP contribution < -0.4 is 4.74 Å². The van der Waals surface area contributed by atoms with Gasteiger partial charge in [0.1, 0.15) is 6.33 Å². The lowest BCUT2D eigenvalue weighted by Crippen LogP contribution is -2.36. The summed E-state index contributed by atoms with van der Waals surface area (Å²) in [5.41, 5.74) is 1.66. The molecule has 2 aromatic rings. The molecule has 0 amide bonds. The number of hydrogen-bond acceptors (Lipinski definition) is 6. The fourth-order valence-electron chi connectivity index (χ4n) is 4.37. The van der Waals surface area contributed by atoms with Gasteiger partial charge in [0.15, 0.2) is 0 Å². The van der Waals surface area contributed by atoms with Gasteiger partial charge in [0.05, 0.1) is 6.61 Å². The predicted molar refractivity (Wildman–Crippen MR) is 98.7 cm³/mol. The predicted octanol–water partition coefficient (Wildman–Crippen LogP) is 1.70. The molecule has 27 heavy (non-hydrogen) atoms. The molecule has 9 heteroatoms. The van der Waals surface area contributed by atoms with Crippen molar-refractivity contribution in [3.8, 4) is 5.88 Å². The smallest absolute Gasteiger partial charge is 0.277 e. The third-order valence-electron chi connectivity index (χ3n) is 6.14. The highest BCUT2D eigenvalue weighted by Gasteiger charge is 2.53. The lowest BCUT2D eigenvalue weighted by molar-refractivity contribution is 0.129. The lowest BCUT2D eigenvalue weighted by Gasteiger charge is -2.28. The highest BCUT2D eigenvalue weighted by Crippen LogP contribution is 2.50. The summed E-state index contributed by atoms with van der Waals surface area (Å²) in [5.74, 6) is 0.892. The zero-order valence-corrected chi connectivity index (χ0v) is 16.7. The zero-order chi connectivity index (χ0) is 19.2. The molecule has 0 bridgehead atoms. The van der Waals surface area contributed by atoms with Crippen molar-refractivity contribution in [3.63, 3.8) is 0 Å². The number of fused-ring (bicyclic) bond motifs is 1. The monoisotopic (exact) mass is 391 g/mol. The molecule has 0 N–H and O–H groups in total. The van der Waals surface area contributed by atoms with E-state index in [-0.39, 0.29) is 10.6 Å². The SMILES string of the molecule is Cc1ncnc(OCC23CCCC2CN(S(=O)(=O)c2nccn2C)C3)c1C. The van der Waals surface area contributed by atoms with Crippen molar-refractivity contribution in [2.45, 2.75) is 38.3 Å². The van der Waals surface area contributed by atoms with Crippen LogP contribution in [-0.2, 0) is 17.1 Å². The number of sulfonamides is 1. The maximum absolute atomic E-state index is 13.0. The Kier molecular flexibility index (Phi) is 4.46. The fourth-order valence-corrected chi connectivity index (χ4v) is 6.03. The maximum atomic E-state index is 13.0. The first-order chi connectivity index (χ1) is 12.8. The van der Waals surface area contributed by atoms with Crippen LogP contribution in [0.5, 0.6) is 5.88 Å². The second kappa shape index (κ2) is 6.56. The van der Waals surface area contributed by atoms with Crippen molar-refractivity contribution in [1.29, 1.82) is 0 Å². The van der Waals surface area contributed by atoms with Crippen molar-refractivity contribution < 1.29 is 13.2 Å². The van der Waals surface area contributed by atoms with Crippen LogP contribution in [0.1, 0.15) is 30.5 Å². The van der Waals surface area contributed by atoms with E-state index in [4.69, 9.17) is 4.74 Å². The summed E-state index contributed by atoms with van der Waals surface area (Å²) in [6.07, 6.45) is 7.77. The van der Waals surface area contributed by atoms with Gasteiger partial charge in [0.25, 0.3) is 10.0 Å². The molecule has 2 aromatic heterocycles. The van der Waals surface area contributed by atoms with E-state index >= 15 is 0 Å². The average molecular weight is 391 g/mol. The van der Waals surface area contributed by atoms with Gasteiger partial charge in [-0.05, 0) is 32.6 Å². The van der Waals surface area contributed by atoms with Crippen molar-refractivity contribution in [1.82, 2.24) is 23.8 Å². The van der Waals surface area contributed by atoms with Gasteiger partial charge in [0, 0.05) is 49.2 Å². The summed E-state index contributed by atoms with van der Waals surface area (Å²) >= 11 is 0. The zero-order valence-electron chi connectivity index (χ0n) is 15.9. The molecule has 2 fully saturated rings. The molecule has 2 unspecified atom stereocenters. The first kappa shape index (κ1) is 18.4. The third-order valence-corrected chi connectivity index (χ3v) is 7.96. The molecule has 1 saturated carbocycles. The van der Waals surface area contributed by atoms with E-state index in [2.05, 4.69) is 15.0 Å². The Labute approximate surface area is 159 Å². The molecule has 4 rings (SSSR count). The van der Waals surface area contributed by atoms with Gasteiger partial charge >= 0.3 is 0 Å². The van der Waals surface area contributed by atoms with Crippen molar-refractivity contribution in [2.24, 2.45) is 18.4 Å². The van der Waals surface area contributed by atoms with E-state index in [1.807, 2.05) is 13.8 Å². The second-order valence-corrected chi connectivity index (χ2v) is 9.58. The van der Waals surface area contributed by atoms with Crippen molar-refractivity contribution in [2.75, 3.05) is 19.7 Å². The molecule has 0 aromatic carbocycles. The van der Waals surface area contributed by atoms with Crippen LogP contribution in [0.2, 0.25) is 0 Å². The van der Waals surface area contributed by atoms with Gasteiger partial charge in [-0.3, -0.25) is 0 Å². The van der Waals surface area contributed by atoms with Gasteiger partial charge in [-0.15, -0.1) is 0 Å². The summed E-state index contributed by atoms with van der Waals surface area (Å²) in [4.78, 5) is 12.5. The van der Waals surface area contributed by atoms with Crippen LogP contribution in [0.15, 0.2) is 23.9 Å². The van der Waals surface area contributed by atoms with Crippen LogP contribution >= 0.6 is 0 Å². The second-order valence-electron chi connectivity index (χ2n) is 7.75. The molecule has 146 valence electrons. The molecule has 2 atom stereocenters. The Morgan fingerprint density at radius 3 is 2.85 bits per heavy atom. The van der Waals surface area contributed by atoms with E-state index < -0.39 is 10.0 Å². The number of hydrogen-bond donors (Lipinski definition) is 0. The minimum atomic E-state index is -3.60. The Morgan fingerprint density at radius 2 is 2.11 bits per heavy atom. The van der Waals surface area contributed by atoms with Crippen LogP contribution in [0.3, 0.4) is 0 Å². The van der Waals surface area contributed by atoms with Gasteiger partial charge in [-0.2, -0.15) is 4.31 Å². The summed E-state index contributed by atoms with van der Waals surface area (Å²) in [7, 11) is -1.90. The molecule has 3 heterocycles. The standard InChI is InChI=1S/C18H25N5O3S/c1-13-14(2)20-12-21-16(13)26-11-18-6-4-5-15(18)9-23(10-18)27(24,25)17-19-7-8-22(17)3/h7-8,12,15H,4-6,9-11H2,1-3H3. The number of nitrogens with zero attached hydrogens (tertiary/aromatic N) is 5. The largest absolute Gasteiger partial charge is 0.477 e. The van der Waals surface area contributed by atoms with E-state index in [0.29, 0.717) is 31.5 Å². The van der Waals surface area contributed by atoms with Gasteiger partial charge in [-0.1, -0.05) is 6.42 Å². The molecular formula is C18H25N5O3S. The Hall–Kier alpha value is -2.00. The molecule has 2 aliphatic rings. The minimum Gasteiger partial charge on any atom is -0.477 e. The Balaban J connectivity index is 1.56. The highest BCUT2D eigenvalue weighted by atomic mass is 32.2. The quantitative estimate of drug-likeness (QED) is 0.771. The lowest BCUT2D eigenvalue weighted by atomic mass is 9.82. The van der Waals surface area contributed by atoms with E-state index in [0.717, 1.165) is 30.5 Å². The Morgan fingerprint density at radius 1 is 1.30 bits per heavy atom. The number of ether oxygens (including phenoxy) is 1. The van der Waals surface area contributed by atoms with E-state index in [9.17, 15) is 8.42 Å². The third kappa shape index (κ3) is 3.02. The van der Waals surface area contributed by atoms with Gasteiger partial charge in [-0.25, -0.2) is 23.4 Å². The average Bonchev–Trinajstić information content (AvgIpc) is 3.30. The Bertz CT molecular complexity index is 958. The summed E-state index contributed by atoms with van der Waals surface area (Å²) in [6.45, 7) is 5.34. The first-order valence-corrected chi connectivity index (χ1v) is 10.7. The first-order valence-electron chi connectivity index (χ1n) is 9.22. The molecule has 1 aliphatic carbocycles. The number of imidazole rings is 1. The molecular weight excluding hydrogens is 366 g/mol. The number of aryl methyl sites for hydroxylation is 2. The molecule has 1 aliphatic heterocycles. The molecule has 0 spiro atoms. The minimum absolute atomic E-state index is 0.0980. The van der Waals surface area contributed by atoms with Crippen LogP contribution in [-0.4, -0.2) is 51.9 Å². The van der Waals surface area contributed by atoms with E-state index in [1.54, 1.807) is 22.1 Å². The maximum Gasteiger partial charge on any atom is 0.277 e. The summed E-state index contributed by atoms with van der Waals surface area (Å²) in [5, 5.41) is 0.0980. The summed E-state index contributed by atoms with van der Waals surface area (Å²) < 4.78 is 35.3. The number of aromatic nitrogens is 4. The fraction of sp³-hybridized carbons (Fsp3) is 0.611. The van der Waals surface area contributed by atoms with Crippen LogP contribution in [0.4, 0.5) is 0 Å². The van der Waals surface area contributed by atoms with Gasteiger partial charge in [0.2, 0.25) is 11.0 Å². The highest BCUT2D eigenvalue weighted by molar-refractivity contribution is 7.89. The van der Waals surface area contributed by atoms with Crippen molar-refractivity contribution >= 4 is 10.0 Å².